The second-order valence-electron chi connectivity index (χ2n) is 7.86. The van der Waals surface area contributed by atoms with E-state index in [2.05, 4.69) is 5.32 Å². The quantitative estimate of drug-likeness (QED) is 0.414. The molecule has 12 heteroatoms. The molecule has 3 N–H and O–H groups in total. The molecule has 1 heterocycles. The second kappa shape index (κ2) is 10.4. The lowest BCUT2D eigenvalue weighted by molar-refractivity contribution is -0.136. The van der Waals surface area contributed by atoms with Gasteiger partial charge in [-0.1, -0.05) is 6.07 Å². The van der Waals surface area contributed by atoms with Crippen molar-refractivity contribution in [2.45, 2.75) is 37.4 Å². The SMILES string of the molecule is CNC(=O)N1CCN(S(=O)(=O)c2ccc(OCc3cc(F)ccc3C)cc2)C(C(=O)NO)C1C. The summed E-state index contributed by atoms with van der Waals surface area (Å²) in [6.07, 6.45) is 0. The highest BCUT2D eigenvalue weighted by atomic mass is 32.2. The van der Waals surface area contributed by atoms with Gasteiger partial charge in [0.15, 0.2) is 0 Å². The van der Waals surface area contributed by atoms with E-state index >= 15 is 0 Å². The zero-order valence-electron chi connectivity index (χ0n) is 19.0. The van der Waals surface area contributed by atoms with Crippen molar-refractivity contribution in [2.24, 2.45) is 0 Å². The minimum absolute atomic E-state index is 0.0590. The number of halogens is 1. The molecule has 2 atom stereocenters. The van der Waals surface area contributed by atoms with E-state index in [1.54, 1.807) is 6.07 Å². The maximum atomic E-state index is 13.5. The molecular weight excluding hydrogens is 467 g/mol. The molecule has 0 aliphatic carbocycles. The van der Waals surface area contributed by atoms with Gasteiger partial charge in [-0.3, -0.25) is 10.0 Å². The molecule has 2 unspecified atom stereocenters. The summed E-state index contributed by atoms with van der Waals surface area (Å²) in [5, 5.41) is 11.6. The number of hydroxylamine groups is 1. The molecule has 0 aromatic heterocycles. The van der Waals surface area contributed by atoms with E-state index in [0.29, 0.717) is 11.3 Å². The molecule has 3 rings (SSSR count). The van der Waals surface area contributed by atoms with E-state index in [1.807, 2.05) is 6.92 Å². The number of rotatable bonds is 6. The lowest BCUT2D eigenvalue weighted by Crippen LogP contribution is -2.66. The summed E-state index contributed by atoms with van der Waals surface area (Å²) in [6.45, 7) is 3.38. The fourth-order valence-corrected chi connectivity index (χ4v) is 5.52. The van der Waals surface area contributed by atoms with Gasteiger partial charge in [-0.05, 0) is 61.4 Å². The Morgan fingerprint density at radius 3 is 2.47 bits per heavy atom. The van der Waals surface area contributed by atoms with Crippen LogP contribution in [-0.2, 0) is 21.4 Å². The van der Waals surface area contributed by atoms with Gasteiger partial charge in [-0.15, -0.1) is 0 Å². The first-order chi connectivity index (χ1) is 16.1. The highest BCUT2D eigenvalue weighted by Crippen LogP contribution is 2.27. The number of carbonyl (C=O) groups excluding carboxylic acids is 2. The van der Waals surface area contributed by atoms with Crippen LogP contribution in [0.1, 0.15) is 18.1 Å². The normalized spacial score (nSPS) is 18.9. The molecule has 3 amide bonds. The Bertz CT molecular complexity index is 1160. The number of aryl methyl sites for hydroxylation is 1. The third-order valence-electron chi connectivity index (χ3n) is 5.81. The Morgan fingerprint density at radius 2 is 1.85 bits per heavy atom. The van der Waals surface area contributed by atoms with Crippen LogP contribution in [0.4, 0.5) is 9.18 Å². The van der Waals surface area contributed by atoms with E-state index in [-0.39, 0.29) is 30.4 Å². The van der Waals surface area contributed by atoms with Gasteiger partial charge < -0.3 is 15.0 Å². The zero-order valence-corrected chi connectivity index (χ0v) is 19.8. The van der Waals surface area contributed by atoms with E-state index < -0.39 is 34.0 Å². The van der Waals surface area contributed by atoms with Crippen molar-refractivity contribution >= 4 is 22.0 Å². The first kappa shape index (κ1) is 25.4. The summed E-state index contributed by atoms with van der Waals surface area (Å²) in [5.74, 6) is -0.946. The first-order valence-electron chi connectivity index (χ1n) is 10.5. The van der Waals surface area contributed by atoms with Crippen LogP contribution in [0, 0.1) is 12.7 Å². The van der Waals surface area contributed by atoms with Crippen LogP contribution in [0.3, 0.4) is 0 Å². The molecule has 2 aromatic carbocycles. The lowest BCUT2D eigenvalue weighted by atomic mass is 10.1. The number of sulfonamides is 1. The molecule has 0 saturated carbocycles. The predicted molar refractivity (Wildman–Crippen MR) is 120 cm³/mol. The second-order valence-corrected chi connectivity index (χ2v) is 9.75. The summed E-state index contributed by atoms with van der Waals surface area (Å²) < 4.78 is 46.8. The number of nitrogens with zero attached hydrogens (tertiary/aromatic N) is 2. The number of ether oxygens (including phenoxy) is 1. The van der Waals surface area contributed by atoms with E-state index in [9.17, 15) is 27.6 Å². The van der Waals surface area contributed by atoms with Gasteiger partial charge in [0.05, 0.1) is 10.9 Å². The van der Waals surface area contributed by atoms with Crippen LogP contribution in [-0.4, -0.2) is 67.0 Å². The minimum Gasteiger partial charge on any atom is -0.489 e. The Balaban J connectivity index is 1.80. The van der Waals surface area contributed by atoms with Gasteiger partial charge in [0, 0.05) is 20.1 Å². The first-order valence-corrected chi connectivity index (χ1v) is 12.0. The van der Waals surface area contributed by atoms with Crippen LogP contribution in [0.25, 0.3) is 0 Å². The van der Waals surface area contributed by atoms with Gasteiger partial charge in [0.2, 0.25) is 10.0 Å². The third kappa shape index (κ3) is 5.13. The highest BCUT2D eigenvalue weighted by Gasteiger charge is 2.45. The van der Waals surface area contributed by atoms with Crippen molar-refractivity contribution in [3.63, 3.8) is 0 Å². The van der Waals surface area contributed by atoms with Crippen molar-refractivity contribution < 1.29 is 32.3 Å². The fourth-order valence-electron chi connectivity index (χ4n) is 3.88. The van der Waals surface area contributed by atoms with Gasteiger partial charge in [0.25, 0.3) is 5.91 Å². The van der Waals surface area contributed by atoms with Crippen LogP contribution in [0.2, 0.25) is 0 Å². The van der Waals surface area contributed by atoms with Crippen LogP contribution in [0.5, 0.6) is 5.75 Å². The predicted octanol–water partition coefficient (Wildman–Crippen LogP) is 1.62. The van der Waals surface area contributed by atoms with Gasteiger partial charge in [0.1, 0.15) is 24.2 Å². The molecule has 0 radical (unpaired) electrons. The Morgan fingerprint density at radius 1 is 1.18 bits per heavy atom. The molecule has 0 bridgehead atoms. The molecule has 34 heavy (non-hydrogen) atoms. The number of benzene rings is 2. The third-order valence-corrected chi connectivity index (χ3v) is 7.70. The standard InChI is InChI=1S/C22H27FN4O6S/c1-14-4-5-17(23)12-16(14)13-33-18-6-8-19(9-7-18)34(31,32)27-11-10-26(22(29)24-3)15(2)20(27)21(28)25-30/h4-9,12,15,20,30H,10-11,13H2,1-3H3,(H,24,29)(H,25,28). The van der Waals surface area contributed by atoms with Crippen molar-refractivity contribution in [3.8, 4) is 5.75 Å². The number of nitrogens with one attached hydrogen (secondary N) is 2. The molecule has 1 aliphatic rings. The lowest BCUT2D eigenvalue weighted by Gasteiger charge is -2.43. The average molecular weight is 495 g/mol. The van der Waals surface area contributed by atoms with Crippen molar-refractivity contribution in [1.29, 1.82) is 0 Å². The smallest absolute Gasteiger partial charge is 0.317 e. The monoisotopic (exact) mass is 494 g/mol. The maximum Gasteiger partial charge on any atom is 0.317 e. The molecule has 2 aromatic rings. The van der Waals surface area contributed by atoms with Crippen LogP contribution < -0.4 is 15.5 Å². The van der Waals surface area contributed by atoms with Crippen LogP contribution >= 0.6 is 0 Å². The fraction of sp³-hybridized carbons (Fsp3) is 0.364. The van der Waals surface area contributed by atoms with Gasteiger partial charge in [-0.2, -0.15) is 4.31 Å². The number of piperazine rings is 1. The summed E-state index contributed by atoms with van der Waals surface area (Å²) in [6, 6.07) is 7.35. The van der Waals surface area contributed by atoms with Gasteiger partial charge in [-0.25, -0.2) is 23.1 Å². The molecule has 1 fully saturated rings. The highest BCUT2D eigenvalue weighted by molar-refractivity contribution is 7.89. The molecule has 10 nitrogen and oxygen atoms in total. The molecule has 1 aliphatic heterocycles. The maximum absolute atomic E-state index is 13.5. The molecule has 0 spiro atoms. The molecular formula is C22H27FN4O6S. The number of carbonyl (C=O) groups is 2. The number of hydrogen-bond donors (Lipinski definition) is 3. The van der Waals surface area contributed by atoms with Crippen LogP contribution in [0.15, 0.2) is 47.4 Å². The Labute approximate surface area is 197 Å². The average Bonchev–Trinajstić information content (AvgIpc) is 2.83. The summed E-state index contributed by atoms with van der Waals surface area (Å²) in [7, 11) is -2.72. The summed E-state index contributed by atoms with van der Waals surface area (Å²) in [4.78, 5) is 25.7. The van der Waals surface area contributed by atoms with Gasteiger partial charge >= 0.3 is 6.03 Å². The molecule has 1 saturated heterocycles. The largest absolute Gasteiger partial charge is 0.489 e. The zero-order chi connectivity index (χ0) is 25.0. The van der Waals surface area contributed by atoms with Crippen molar-refractivity contribution in [1.82, 2.24) is 20.0 Å². The van der Waals surface area contributed by atoms with E-state index in [1.165, 1.54) is 60.7 Å². The number of hydrogen-bond acceptors (Lipinski definition) is 6. The summed E-state index contributed by atoms with van der Waals surface area (Å²) >= 11 is 0. The Hall–Kier alpha value is -3.22. The minimum atomic E-state index is -4.15. The van der Waals surface area contributed by atoms with E-state index in [0.717, 1.165) is 9.87 Å². The number of urea groups is 1. The van der Waals surface area contributed by atoms with E-state index in [4.69, 9.17) is 4.74 Å². The van der Waals surface area contributed by atoms with Crippen molar-refractivity contribution in [2.75, 3.05) is 20.1 Å². The molecule has 184 valence electrons. The topological polar surface area (TPSA) is 128 Å². The summed E-state index contributed by atoms with van der Waals surface area (Å²) in [5.41, 5.74) is 3.02. The number of amides is 3. The Kier molecular flexibility index (Phi) is 7.75. The van der Waals surface area contributed by atoms with Crippen molar-refractivity contribution in [3.05, 3.63) is 59.4 Å².